The third kappa shape index (κ3) is 2.65. The summed E-state index contributed by atoms with van der Waals surface area (Å²) in [7, 11) is 0. The molecule has 94 valence electrons. The van der Waals surface area contributed by atoms with Crippen LogP contribution < -0.4 is 11.1 Å². The van der Waals surface area contributed by atoms with Crippen molar-refractivity contribution < 1.29 is 0 Å². The molecule has 2 rings (SSSR count). The molecule has 0 radical (unpaired) electrons. The van der Waals surface area contributed by atoms with Crippen molar-refractivity contribution in [2.75, 3.05) is 11.1 Å². The minimum atomic E-state index is 0.246. The molecule has 0 aliphatic heterocycles. The Balaban J connectivity index is 2.22. The molecule has 3 N–H and O–H groups in total. The first kappa shape index (κ1) is 12.5. The smallest absolute Gasteiger partial charge is 0.0581 e. The number of aryl methyl sites for hydroxylation is 2. The fourth-order valence-electron chi connectivity index (χ4n) is 2.02. The van der Waals surface area contributed by atoms with Gasteiger partial charge in [0.2, 0.25) is 0 Å². The van der Waals surface area contributed by atoms with Gasteiger partial charge >= 0.3 is 0 Å². The van der Waals surface area contributed by atoms with Crippen LogP contribution in [0.3, 0.4) is 0 Å². The van der Waals surface area contributed by atoms with E-state index in [1.165, 1.54) is 16.7 Å². The Morgan fingerprint density at radius 3 is 2.28 bits per heavy atom. The van der Waals surface area contributed by atoms with Gasteiger partial charge in [0, 0.05) is 6.04 Å². The van der Waals surface area contributed by atoms with Gasteiger partial charge in [0.05, 0.1) is 11.4 Å². The summed E-state index contributed by atoms with van der Waals surface area (Å²) in [5, 5.41) is 3.47. The van der Waals surface area contributed by atoms with E-state index in [0.717, 1.165) is 11.4 Å². The number of hydrogen-bond donors (Lipinski definition) is 2. The number of nitrogens with one attached hydrogen (secondary N) is 1. The molecular formula is C16H20N2. The van der Waals surface area contributed by atoms with Crippen molar-refractivity contribution in [3.05, 3.63) is 59.2 Å². The maximum atomic E-state index is 6.05. The molecule has 2 aromatic rings. The molecule has 18 heavy (non-hydrogen) atoms. The van der Waals surface area contributed by atoms with Crippen LogP contribution >= 0.6 is 0 Å². The van der Waals surface area contributed by atoms with Crippen LogP contribution in [0.25, 0.3) is 0 Å². The van der Waals surface area contributed by atoms with Crippen molar-refractivity contribution in [3.63, 3.8) is 0 Å². The zero-order chi connectivity index (χ0) is 13.1. The third-order valence-electron chi connectivity index (χ3n) is 3.34. The van der Waals surface area contributed by atoms with Crippen LogP contribution in [0, 0.1) is 13.8 Å². The van der Waals surface area contributed by atoms with Gasteiger partial charge < -0.3 is 11.1 Å². The predicted octanol–water partition coefficient (Wildman–Crippen LogP) is 4.06. The van der Waals surface area contributed by atoms with E-state index in [4.69, 9.17) is 5.73 Å². The quantitative estimate of drug-likeness (QED) is 0.794. The molecule has 0 aliphatic carbocycles. The fraction of sp³-hybridized carbons (Fsp3) is 0.250. The number of benzene rings is 2. The first-order valence-electron chi connectivity index (χ1n) is 6.26. The zero-order valence-electron chi connectivity index (χ0n) is 11.2. The SMILES string of the molecule is Cc1cc(N)c(NC(C)c2ccccc2)cc1C. The second-order valence-corrected chi connectivity index (χ2v) is 4.80. The van der Waals surface area contributed by atoms with Gasteiger partial charge in [-0.25, -0.2) is 0 Å². The second kappa shape index (κ2) is 5.13. The molecule has 0 saturated heterocycles. The molecule has 0 heterocycles. The molecule has 0 fully saturated rings. The van der Waals surface area contributed by atoms with E-state index in [1.807, 2.05) is 12.1 Å². The van der Waals surface area contributed by atoms with Gasteiger partial charge in [0.15, 0.2) is 0 Å². The van der Waals surface area contributed by atoms with Crippen LogP contribution in [-0.2, 0) is 0 Å². The first-order valence-corrected chi connectivity index (χ1v) is 6.26. The maximum absolute atomic E-state index is 6.05. The van der Waals surface area contributed by atoms with Gasteiger partial charge in [-0.05, 0) is 49.6 Å². The minimum absolute atomic E-state index is 0.246. The van der Waals surface area contributed by atoms with Gasteiger partial charge in [-0.1, -0.05) is 30.3 Å². The molecular weight excluding hydrogens is 220 g/mol. The van der Waals surface area contributed by atoms with Crippen molar-refractivity contribution in [2.24, 2.45) is 0 Å². The van der Waals surface area contributed by atoms with E-state index in [-0.39, 0.29) is 6.04 Å². The second-order valence-electron chi connectivity index (χ2n) is 4.80. The number of nitrogens with two attached hydrogens (primary N) is 1. The van der Waals surface area contributed by atoms with Crippen LogP contribution in [0.15, 0.2) is 42.5 Å². The zero-order valence-corrected chi connectivity index (χ0v) is 11.2. The van der Waals surface area contributed by atoms with E-state index in [9.17, 15) is 0 Å². The Kier molecular flexibility index (Phi) is 3.56. The van der Waals surface area contributed by atoms with Gasteiger partial charge in [0.25, 0.3) is 0 Å². The Labute approximate surface area is 109 Å². The summed E-state index contributed by atoms with van der Waals surface area (Å²) in [4.78, 5) is 0. The molecule has 2 heteroatoms. The van der Waals surface area contributed by atoms with Crippen LogP contribution in [0.5, 0.6) is 0 Å². The lowest BCUT2D eigenvalue weighted by Crippen LogP contribution is -2.08. The molecule has 0 aliphatic rings. The number of hydrogen-bond acceptors (Lipinski definition) is 2. The van der Waals surface area contributed by atoms with Crippen LogP contribution in [0.2, 0.25) is 0 Å². The van der Waals surface area contributed by atoms with Gasteiger partial charge in [-0.15, -0.1) is 0 Å². The van der Waals surface area contributed by atoms with Crippen LogP contribution in [0.1, 0.15) is 29.7 Å². The molecule has 2 nitrogen and oxygen atoms in total. The molecule has 1 atom stereocenters. The summed E-state index contributed by atoms with van der Waals surface area (Å²) in [5.41, 5.74) is 11.6. The molecule has 1 unspecified atom stereocenters. The van der Waals surface area contributed by atoms with Crippen molar-refractivity contribution in [1.29, 1.82) is 0 Å². The molecule has 0 saturated carbocycles. The summed E-state index contributed by atoms with van der Waals surface area (Å²) in [6, 6.07) is 14.8. The van der Waals surface area contributed by atoms with Crippen molar-refractivity contribution in [2.45, 2.75) is 26.8 Å². The highest BCUT2D eigenvalue weighted by Gasteiger charge is 2.08. The molecule has 0 amide bonds. The fourth-order valence-corrected chi connectivity index (χ4v) is 2.02. The van der Waals surface area contributed by atoms with E-state index >= 15 is 0 Å². The van der Waals surface area contributed by atoms with Crippen LogP contribution in [0.4, 0.5) is 11.4 Å². The topological polar surface area (TPSA) is 38.0 Å². The average molecular weight is 240 g/mol. The number of rotatable bonds is 3. The van der Waals surface area contributed by atoms with E-state index in [0.29, 0.717) is 0 Å². The molecule has 0 bridgehead atoms. The number of nitrogen functional groups attached to an aromatic ring is 1. The van der Waals surface area contributed by atoms with E-state index in [2.05, 4.69) is 56.4 Å². The highest BCUT2D eigenvalue weighted by atomic mass is 14.9. The maximum Gasteiger partial charge on any atom is 0.0581 e. The van der Waals surface area contributed by atoms with Crippen LogP contribution in [-0.4, -0.2) is 0 Å². The normalized spacial score (nSPS) is 12.2. The van der Waals surface area contributed by atoms with Crippen molar-refractivity contribution in [1.82, 2.24) is 0 Å². The summed E-state index contributed by atoms with van der Waals surface area (Å²) in [6.07, 6.45) is 0. The highest BCUT2D eigenvalue weighted by molar-refractivity contribution is 5.69. The molecule has 0 spiro atoms. The van der Waals surface area contributed by atoms with Gasteiger partial charge in [0.1, 0.15) is 0 Å². The van der Waals surface area contributed by atoms with Gasteiger partial charge in [-0.3, -0.25) is 0 Å². The summed E-state index contributed by atoms with van der Waals surface area (Å²) >= 11 is 0. The third-order valence-corrected chi connectivity index (χ3v) is 3.34. The number of anilines is 2. The van der Waals surface area contributed by atoms with Crippen molar-refractivity contribution in [3.8, 4) is 0 Å². The summed E-state index contributed by atoms with van der Waals surface area (Å²) in [6.45, 7) is 6.33. The lowest BCUT2D eigenvalue weighted by Gasteiger charge is -2.18. The van der Waals surface area contributed by atoms with Crippen molar-refractivity contribution >= 4 is 11.4 Å². The largest absolute Gasteiger partial charge is 0.397 e. The molecule has 2 aromatic carbocycles. The Morgan fingerprint density at radius 1 is 1.00 bits per heavy atom. The lowest BCUT2D eigenvalue weighted by atomic mass is 10.1. The average Bonchev–Trinajstić information content (AvgIpc) is 2.37. The summed E-state index contributed by atoms with van der Waals surface area (Å²) in [5.74, 6) is 0. The van der Waals surface area contributed by atoms with Gasteiger partial charge in [-0.2, -0.15) is 0 Å². The lowest BCUT2D eigenvalue weighted by molar-refractivity contribution is 0.885. The summed E-state index contributed by atoms with van der Waals surface area (Å²) < 4.78 is 0. The highest BCUT2D eigenvalue weighted by Crippen LogP contribution is 2.27. The Hall–Kier alpha value is -1.96. The Bertz CT molecular complexity index is 532. The Morgan fingerprint density at radius 2 is 1.61 bits per heavy atom. The minimum Gasteiger partial charge on any atom is -0.397 e. The van der Waals surface area contributed by atoms with E-state index < -0.39 is 0 Å². The standard InChI is InChI=1S/C16H20N2/c1-11-9-15(17)16(10-12(11)2)18-13(3)14-7-5-4-6-8-14/h4-10,13,18H,17H2,1-3H3. The first-order chi connectivity index (χ1) is 8.58. The monoisotopic (exact) mass is 240 g/mol. The van der Waals surface area contributed by atoms with E-state index in [1.54, 1.807) is 0 Å². The predicted molar refractivity (Wildman–Crippen MR) is 78.8 cm³/mol. The molecule has 0 aromatic heterocycles.